The fourth-order valence-electron chi connectivity index (χ4n) is 1.42. The molecule has 0 fully saturated rings. The zero-order valence-corrected chi connectivity index (χ0v) is 11.5. The van der Waals surface area contributed by atoms with Gasteiger partial charge in [-0.3, -0.25) is 0 Å². The van der Waals surface area contributed by atoms with E-state index in [0.29, 0.717) is 12.3 Å². The van der Waals surface area contributed by atoms with Crippen LogP contribution in [0.2, 0.25) is 0 Å². The molecule has 0 aliphatic rings. The highest BCUT2D eigenvalue weighted by atomic mass is 16.5. The Kier molecular flexibility index (Phi) is 7.04. The van der Waals surface area contributed by atoms with Gasteiger partial charge < -0.3 is 4.74 Å². The van der Waals surface area contributed by atoms with E-state index in [1.165, 1.54) is 0 Å². The molecule has 0 aliphatic heterocycles. The minimum absolute atomic E-state index is 0.313. The van der Waals surface area contributed by atoms with E-state index in [2.05, 4.69) is 23.8 Å². The first-order chi connectivity index (χ1) is 9.27. The smallest absolute Gasteiger partial charge is 0.434 e. The lowest BCUT2D eigenvalue weighted by Gasteiger charge is -1.99. The molecule has 0 heterocycles. The van der Waals surface area contributed by atoms with Gasteiger partial charge in [0.15, 0.2) is 0 Å². The molecule has 1 amide bonds. The van der Waals surface area contributed by atoms with Gasteiger partial charge in [-0.1, -0.05) is 49.6 Å². The van der Waals surface area contributed by atoms with E-state index in [4.69, 9.17) is 4.74 Å². The van der Waals surface area contributed by atoms with Crippen molar-refractivity contribution < 1.29 is 9.53 Å². The first-order valence-electron chi connectivity index (χ1n) is 6.57. The Morgan fingerprint density at radius 2 is 2.00 bits per heavy atom. The first kappa shape index (κ1) is 15.0. The van der Waals surface area contributed by atoms with Gasteiger partial charge in [0.1, 0.15) is 5.71 Å². The molecule has 0 saturated carbocycles. The molecule has 100 valence electrons. The fourth-order valence-corrected chi connectivity index (χ4v) is 1.42. The molecule has 0 spiro atoms. The molecular formula is C16H19NO2. The minimum atomic E-state index is -0.592. The van der Waals surface area contributed by atoms with Crippen LogP contribution >= 0.6 is 0 Å². The van der Waals surface area contributed by atoms with E-state index < -0.39 is 6.09 Å². The van der Waals surface area contributed by atoms with Crippen LogP contribution in [0, 0.1) is 11.8 Å². The number of amides is 1. The molecular weight excluding hydrogens is 238 g/mol. The van der Waals surface area contributed by atoms with Crippen LogP contribution in [0.1, 0.15) is 38.7 Å². The molecule has 1 aromatic carbocycles. The Hall–Kier alpha value is -2.08. The van der Waals surface area contributed by atoms with Crippen molar-refractivity contribution in [1.29, 1.82) is 0 Å². The van der Waals surface area contributed by atoms with Gasteiger partial charge in [-0.15, -0.1) is 0 Å². The summed E-state index contributed by atoms with van der Waals surface area (Å²) in [7, 11) is 0. The van der Waals surface area contributed by atoms with Crippen molar-refractivity contribution in [3.8, 4) is 11.8 Å². The van der Waals surface area contributed by atoms with Crippen molar-refractivity contribution in [3.63, 3.8) is 0 Å². The van der Waals surface area contributed by atoms with Gasteiger partial charge >= 0.3 is 6.09 Å². The summed E-state index contributed by atoms with van der Waals surface area (Å²) in [6.45, 7) is 4.18. The highest BCUT2D eigenvalue weighted by Crippen LogP contribution is 2.02. The van der Waals surface area contributed by atoms with Gasteiger partial charge in [0.05, 0.1) is 6.61 Å². The third-order valence-corrected chi connectivity index (χ3v) is 2.38. The van der Waals surface area contributed by atoms with Gasteiger partial charge in [-0.2, -0.15) is 4.99 Å². The number of ether oxygens (including phenoxy) is 1. The highest BCUT2D eigenvalue weighted by Gasteiger charge is 2.04. The number of benzene rings is 1. The van der Waals surface area contributed by atoms with E-state index in [9.17, 15) is 4.79 Å². The summed E-state index contributed by atoms with van der Waals surface area (Å²) in [6.07, 6.45) is 2.37. The number of rotatable bonds is 4. The van der Waals surface area contributed by atoms with Crippen LogP contribution in [0.4, 0.5) is 4.79 Å². The van der Waals surface area contributed by atoms with Crippen LogP contribution in [-0.2, 0) is 4.74 Å². The van der Waals surface area contributed by atoms with E-state index in [1.54, 1.807) is 6.92 Å². The lowest BCUT2D eigenvalue weighted by atomic mass is 10.1. The van der Waals surface area contributed by atoms with Crippen LogP contribution in [-0.4, -0.2) is 18.4 Å². The summed E-state index contributed by atoms with van der Waals surface area (Å²) in [4.78, 5) is 15.4. The van der Waals surface area contributed by atoms with Gasteiger partial charge in [-0.05, 0) is 19.3 Å². The lowest BCUT2D eigenvalue weighted by molar-refractivity contribution is 0.163. The maximum absolute atomic E-state index is 11.4. The fraction of sp³-hybridized carbons (Fsp3) is 0.375. The molecule has 0 atom stereocenters. The zero-order valence-electron chi connectivity index (χ0n) is 11.5. The normalized spacial score (nSPS) is 10.5. The second-order valence-corrected chi connectivity index (χ2v) is 3.93. The van der Waals surface area contributed by atoms with E-state index >= 15 is 0 Å². The number of hydrogen-bond acceptors (Lipinski definition) is 2. The molecule has 0 N–H and O–H groups in total. The van der Waals surface area contributed by atoms with Crippen molar-refractivity contribution in [2.75, 3.05) is 6.61 Å². The summed E-state index contributed by atoms with van der Waals surface area (Å²) >= 11 is 0. The molecule has 3 heteroatoms. The van der Waals surface area contributed by atoms with Crippen LogP contribution in [0.25, 0.3) is 0 Å². The van der Waals surface area contributed by atoms with Crippen molar-refractivity contribution in [2.24, 2.45) is 4.99 Å². The molecule has 19 heavy (non-hydrogen) atoms. The summed E-state index contributed by atoms with van der Waals surface area (Å²) in [6, 6.07) is 9.46. The van der Waals surface area contributed by atoms with E-state index in [0.717, 1.165) is 24.8 Å². The number of unbranched alkanes of at least 4 members (excludes halogenated alkanes) is 2. The Bertz CT molecular complexity index is 480. The Balaban J connectivity index is 2.90. The quantitative estimate of drug-likeness (QED) is 0.467. The van der Waals surface area contributed by atoms with E-state index in [1.807, 2.05) is 30.3 Å². The standard InChI is InChI=1S/C16H19NO2/c1-3-5-6-10-13-15(17-16(18)19-4-2)14-11-8-7-9-12-14/h7-9,11-12H,3-6H2,1-2H3/b17-15+. The minimum Gasteiger partial charge on any atom is -0.448 e. The van der Waals surface area contributed by atoms with E-state index in [-0.39, 0.29) is 0 Å². The zero-order chi connectivity index (χ0) is 13.9. The summed E-state index contributed by atoms with van der Waals surface area (Å²) in [5.74, 6) is 6.00. The first-order valence-corrected chi connectivity index (χ1v) is 6.57. The monoisotopic (exact) mass is 257 g/mol. The highest BCUT2D eigenvalue weighted by molar-refractivity contribution is 6.16. The third-order valence-electron chi connectivity index (χ3n) is 2.38. The van der Waals surface area contributed by atoms with Crippen molar-refractivity contribution in [2.45, 2.75) is 33.1 Å². The molecule has 0 unspecified atom stereocenters. The molecule has 1 rings (SSSR count). The van der Waals surface area contributed by atoms with Gasteiger partial charge in [0.2, 0.25) is 0 Å². The maximum atomic E-state index is 11.4. The second-order valence-electron chi connectivity index (χ2n) is 3.93. The molecule has 1 aromatic rings. The topological polar surface area (TPSA) is 38.7 Å². The van der Waals surface area contributed by atoms with Crippen LogP contribution in [0.15, 0.2) is 35.3 Å². The van der Waals surface area contributed by atoms with Crippen LogP contribution in [0.3, 0.4) is 0 Å². The summed E-state index contributed by atoms with van der Waals surface area (Å²) < 4.78 is 4.83. The lowest BCUT2D eigenvalue weighted by Crippen LogP contribution is -2.05. The average Bonchev–Trinajstić information content (AvgIpc) is 2.43. The van der Waals surface area contributed by atoms with Crippen LogP contribution < -0.4 is 0 Å². The molecule has 3 nitrogen and oxygen atoms in total. The molecule has 0 radical (unpaired) electrons. The van der Waals surface area contributed by atoms with Crippen molar-refractivity contribution in [3.05, 3.63) is 35.9 Å². The number of nitrogens with zero attached hydrogens (tertiary/aromatic N) is 1. The average molecular weight is 257 g/mol. The van der Waals surface area contributed by atoms with Crippen molar-refractivity contribution >= 4 is 11.8 Å². The predicted molar refractivity (Wildman–Crippen MR) is 77.3 cm³/mol. The Morgan fingerprint density at radius 3 is 2.63 bits per heavy atom. The van der Waals surface area contributed by atoms with Crippen LogP contribution in [0.5, 0.6) is 0 Å². The number of carbonyl (C=O) groups excluding carboxylic acids is 1. The molecule has 0 bridgehead atoms. The molecule has 0 aliphatic carbocycles. The molecule has 0 aromatic heterocycles. The maximum Gasteiger partial charge on any atom is 0.434 e. The predicted octanol–water partition coefficient (Wildman–Crippen LogP) is 3.83. The molecule has 0 saturated heterocycles. The van der Waals surface area contributed by atoms with Crippen molar-refractivity contribution in [1.82, 2.24) is 0 Å². The van der Waals surface area contributed by atoms with Gasteiger partial charge in [0, 0.05) is 12.0 Å². The van der Waals surface area contributed by atoms with Gasteiger partial charge in [0.25, 0.3) is 0 Å². The second kappa shape index (κ2) is 8.93. The summed E-state index contributed by atoms with van der Waals surface area (Å²) in [5.41, 5.74) is 1.30. The number of aliphatic imine (C=N–C) groups is 1. The Morgan fingerprint density at radius 1 is 1.26 bits per heavy atom. The third kappa shape index (κ3) is 5.87. The Labute approximate surface area is 114 Å². The SMILES string of the molecule is CCCCC#C/C(=N\C(=O)OCC)c1ccccc1. The largest absolute Gasteiger partial charge is 0.448 e. The van der Waals surface area contributed by atoms with Gasteiger partial charge in [-0.25, -0.2) is 4.79 Å². The summed E-state index contributed by atoms with van der Waals surface area (Å²) in [5, 5.41) is 0. The number of carbonyl (C=O) groups is 1. The number of hydrogen-bond donors (Lipinski definition) is 0.